The molecule has 0 spiro atoms. The predicted octanol–water partition coefficient (Wildman–Crippen LogP) is 2.44. The summed E-state index contributed by atoms with van der Waals surface area (Å²) in [5.74, 6) is 1.11. The molecule has 0 bridgehead atoms. The van der Waals surface area contributed by atoms with Crippen molar-refractivity contribution in [2.24, 2.45) is 11.8 Å². The van der Waals surface area contributed by atoms with Gasteiger partial charge in [0.15, 0.2) is 5.76 Å². The van der Waals surface area contributed by atoms with Gasteiger partial charge in [-0.2, -0.15) is 0 Å². The first-order valence-corrected chi connectivity index (χ1v) is 8.55. The van der Waals surface area contributed by atoms with Crippen molar-refractivity contribution in [3.8, 4) is 0 Å². The summed E-state index contributed by atoms with van der Waals surface area (Å²) >= 11 is 0. The van der Waals surface area contributed by atoms with E-state index in [-0.39, 0.29) is 18.4 Å². The van der Waals surface area contributed by atoms with Crippen molar-refractivity contribution in [3.05, 3.63) is 47.2 Å². The van der Waals surface area contributed by atoms with Crippen LogP contribution >= 0.6 is 0 Å². The maximum atomic E-state index is 12.3. The molecule has 5 heteroatoms. The average molecular weight is 331 g/mol. The van der Waals surface area contributed by atoms with Crippen LogP contribution in [0.5, 0.6) is 0 Å². The second-order valence-electron chi connectivity index (χ2n) is 6.80. The number of aliphatic hydroxyl groups excluding tert-OH is 1. The third-order valence-corrected chi connectivity index (χ3v) is 4.53. The number of amides is 1. The van der Waals surface area contributed by atoms with E-state index in [2.05, 4.69) is 13.8 Å². The maximum absolute atomic E-state index is 12.3. The molecule has 1 aromatic carbocycles. The van der Waals surface area contributed by atoms with E-state index in [1.165, 1.54) is 0 Å². The molecule has 1 N–H and O–H groups in total. The lowest BCUT2D eigenvalue weighted by atomic mass is 9.90. The van der Waals surface area contributed by atoms with Crippen LogP contribution in [0.1, 0.15) is 31.4 Å². The van der Waals surface area contributed by atoms with Crippen molar-refractivity contribution in [3.63, 3.8) is 0 Å². The number of aliphatic hydroxyl groups is 1. The first kappa shape index (κ1) is 17.0. The van der Waals surface area contributed by atoms with Gasteiger partial charge in [0.1, 0.15) is 0 Å². The highest BCUT2D eigenvalue weighted by atomic mass is 16.7. The van der Waals surface area contributed by atoms with Crippen molar-refractivity contribution in [2.45, 2.75) is 39.8 Å². The quantitative estimate of drug-likeness (QED) is 0.814. The van der Waals surface area contributed by atoms with Crippen LogP contribution in [0.3, 0.4) is 0 Å². The molecule has 0 aliphatic carbocycles. The van der Waals surface area contributed by atoms with Crippen LogP contribution in [0, 0.1) is 11.8 Å². The van der Waals surface area contributed by atoms with Gasteiger partial charge in [-0.25, -0.2) is 0 Å². The van der Waals surface area contributed by atoms with Gasteiger partial charge in [0.25, 0.3) is 5.91 Å². The topological polar surface area (TPSA) is 58.8 Å². The molecule has 2 heterocycles. The minimum absolute atomic E-state index is 0.0266. The van der Waals surface area contributed by atoms with E-state index in [1.54, 1.807) is 4.90 Å². The Kier molecular flexibility index (Phi) is 5.21. The second kappa shape index (κ2) is 7.36. The summed E-state index contributed by atoms with van der Waals surface area (Å²) in [6.07, 6.45) is 2.31. The second-order valence-corrected chi connectivity index (χ2v) is 6.80. The fourth-order valence-electron chi connectivity index (χ4n) is 2.74. The average Bonchev–Trinajstić information content (AvgIpc) is 3.44. The Morgan fingerprint density at radius 1 is 1.29 bits per heavy atom. The van der Waals surface area contributed by atoms with Gasteiger partial charge in [-0.05, 0) is 29.0 Å². The van der Waals surface area contributed by atoms with Crippen molar-refractivity contribution in [2.75, 3.05) is 13.1 Å². The molecule has 2 aliphatic rings. The van der Waals surface area contributed by atoms with Crippen LogP contribution in [0.4, 0.5) is 0 Å². The molecule has 1 saturated heterocycles. The molecule has 5 nitrogen and oxygen atoms in total. The fourth-order valence-corrected chi connectivity index (χ4v) is 2.74. The Hall–Kier alpha value is -1.85. The van der Waals surface area contributed by atoms with E-state index >= 15 is 0 Å². The summed E-state index contributed by atoms with van der Waals surface area (Å²) in [6.45, 7) is 6.39. The van der Waals surface area contributed by atoms with Crippen molar-refractivity contribution in [1.29, 1.82) is 0 Å². The summed E-state index contributed by atoms with van der Waals surface area (Å²) < 4.78 is 11.7. The Balaban J connectivity index is 1.62. The van der Waals surface area contributed by atoms with Crippen molar-refractivity contribution >= 4 is 5.91 Å². The lowest BCUT2D eigenvalue weighted by Crippen LogP contribution is -2.31. The molecule has 2 atom stereocenters. The van der Waals surface area contributed by atoms with Gasteiger partial charge in [0.2, 0.25) is 6.29 Å². The minimum Gasteiger partial charge on any atom is -0.459 e. The number of carbonyl (C=O) groups excluding carboxylic acids is 1. The Labute approximate surface area is 142 Å². The van der Waals surface area contributed by atoms with E-state index in [0.29, 0.717) is 18.3 Å². The lowest BCUT2D eigenvalue weighted by molar-refractivity contribution is -0.157. The molecule has 3 rings (SSSR count). The van der Waals surface area contributed by atoms with Gasteiger partial charge in [-0.1, -0.05) is 38.1 Å². The maximum Gasteiger partial charge on any atom is 0.288 e. The highest BCUT2D eigenvalue weighted by Crippen LogP contribution is 2.30. The highest BCUT2D eigenvalue weighted by Gasteiger charge is 2.34. The van der Waals surface area contributed by atoms with Crippen LogP contribution in [0.15, 0.2) is 36.1 Å². The monoisotopic (exact) mass is 331 g/mol. The molecular weight excluding hydrogens is 306 g/mol. The number of allylic oxidation sites excluding steroid dienone is 1. The summed E-state index contributed by atoms with van der Waals surface area (Å²) in [5, 5.41) is 9.08. The molecule has 1 fully saturated rings. The molecule has 24 heavy (non-hydrogen) atoms. The number of ether oxygens (including phenoxy) is 2. The third-order valence-electron chi connectivity index (χ3n) is 4.53. The fraction of sp³-hybridized carbons (Fsp3) is 0.526. The molecule has 1 amide bonds. The predicted molar refractivity (Wildman–Crippen MR) is 89.6 cm³/mol. The summed E-state index contributed by atoms with van der Waals surface area (Å²) in [7, 11) is 0. The molecule has 0 unspecified atom stereocenters. The van der Waals surface area contributed by atoms with E-state index < -0.39 is 6.29 Å². The highest BCUT2D eigenvalue weighted by molar-refractivity contribution is 5.93. The first-order valence-electron chi connectivity index (χ1n) is 8.55. The lowest BCUT2D eigenvalue weighted by Gasteiger charge is -2.31. The van der Waals surface area contributed by atoms with Crippen LogP contribution in [0.2, 0.25) is 0 Å². The van der Waals surface area contributed by atoms with E-state index in [1.807, 2.05) is 30.3 Å². The molecule has 0 saturated carbocycles. The van der Waals surface area contributed by atoms with E-state index in [0.717, 1.165) is 30.6 Å². The number of nitrogens with zero attached hydrogens (tertiary/aromatic N) is 1. The first-order chi connectivity index (χ1) is 11.6. The SMILES string of the molecule is CC(C)[C@@H]1C=C(C(=O)N2CC2)O[C@H](OCc2ccc(CO)cc2)C1. The van der Waals surface area contributed by atoms with Gasteiger partial charge in [-0.15, -0.1) is 0 Å². The van der Waals surface area contributed by atoms with Gasteiger partial charge >= 0.3 is 0 Å². The van der Waals surface area contributed by atoms with Crippen LogP contribution in [-0.4, -0.2) is 35.3 Å². The van der Waals surface area contributed by atoms with Crippen LogP contribution < -0.4 is 0 Å². The Morgan fingerprint density at radius 3 is 2.54 bits per heavy atom. The molecule has 130 valence electrons. The van der Waals surface area contributed by atoms with Gasteiger partial charge in [0, 0.05) is 19.5 Å². The zero-order valence-electron chi connectivity index (χ0n) is 14.3. The molecule has 2 aliphatic heterocycles. The standard InChI is InChI=1S/C19H25NO4/c1-13(2)16-9-17(19(22)20-7-8-20)24-18(10-16)23-12-15-5-3-14(11-21)4-6-15/h3-6,9,13,16,18,21H,7-8,10-12H2,1-2H3/t16-,18+/m1/s1. The summed E-state index contributed by atoms with van der Waals surface area (Å²) in [4.78, 5) is 14.0. The van der Waals surface area contributed by atoms with Gasteiger partial charge in [-0.3, -0.25) is 4.79 Å². The van der Waals surface area contributed by atoms with Crippen LogP contribution in [0.25, 0.3) is 0 Å². The third kappa shape index (κ3) is 4.16. The molecule has 0 radical (unpaired) electrons. The molecule has 0 aromatic heterocycles. The van der Waals surface area contributed by atoms with Crippen molar-refractivity contribution in [1.82, 2.24) is 4.90 Å². The summed E-state index contributed by atoms with van der Waals surface area (Å²) in [5.41, 5.74) is 1.90. The number of carbonyl (C=O) groups is 1. The number of hydrogen-bond donors (Lipinski definition) is 1. The Bertz CT molecular complexity index is 604. The smallest absolute Gasteiger partial charge is 0.288 e. The van der Waals surface area contributed by atoms with E-state index in [9.17, 15) is 4.79 Å². The zero-order valence-corrected chi connectivity index (χ0v) is 14.3. The van der Waals surface area contributed by atoms with Crippen LogP contribution in [-0.2, 0) is 27.5 Å². The Morgan fingerprint density at radius 2 is 1.96 bits per heavy atom. The van der Waals surface area contributed by atoms with Crippen molar-refractivity contribution < 1.29 is 19.4 Å². The normalized spacial score (nSPS) is 23.0. The van der Waals surface area contributed by atoms with E-state index in [4.69, 9.17) is 14.6 Å². The molecule has 1 aromatic rings. The number of benzene rings is 1. The van der Waals surface area contributed by atoms with Gasteiger partial charge in [0.05, 0.1) is 13.2 Å². The summed E-state index contributed by atoms with van der Waals surface area (Å²) in [6, 6.07) is 7.64. The number of hydrogen-bond acceptors (Lipinski definition) is 4. The largest absolute Gasteiger partial charge is 0.459 e. The minimum atomic E-state index is -0.404. The zero-order chi connectivity index (χ0) is 17.1. The number of rotatable bonds is 6. The molecular formula is C19H25NO4. The van der Waals surface area contributed by atoms with Gasteiger partial charge < -0.3 is 19.5 Å².